The van der Waals surface area contributed by atoms with Crippen molar-refractivity contribution in [1.29, 1.82) is 0 Å². The standard InChI is InChI=1S/C14H16N2O/c1-10-13(9-17)11(2)16-14(15-10)8-12-6-4-3-5-7-12/h3-7,17H,8-9H2,1-2H3. The minimum absolute atomic E-state index is 0.00326. The van der Waals surface area contributed by atoms with E-state index in [1.54, 1.807) is 0 Å². The van der Waals surface area contributed by atoms with Crippen LogP contribution in [0.2, 0.25) is 0 Å². The van der Waals surface area contributed by atoms with Gasteiger partial charge in [0.25, 0.3) is 0 Å². The lowest BCUT2D eigenvalue weighted by Gasteiger charge is -2.08. The maximum absolute atomic E-state index is 9.20. The van der Waals surface area contributed by atoms with Gasteiger partial charge in [0.05, 0.1) is 6.61 Å². The number of aliphatic hydroxyl groups is 1. The summed E-state index contributed by atoms with van der Waals surface area (Å²) in [7, 11) is 0. The third-order valence-corrected chi connectivity index (χ3v) is 2.83. The fourth-order valence-corrected chi connectivity index (χ4v) is 1.90. The zero-order valence-electron chi connectivity index (χ0n) is 10.1. The van der Waals surface area contributed by atoms with E-state index in [0.717, 1.165) is 29.2 Å². The fraction of sp³-hybridized carbons (Fsp3) is 0.286. The van der Waals surface area contributed by atoms with Crippen LogP contribution in [0.15, 0.2) is 30.3 Å². The highest BCUT2D eigenvalue weighted by atomic mass is 16.3. The summed E-state index contributed by atoms with van der Waals surface area (Å²) in [4.78, 5) is 8.86. The minimum Gasteiger partial charge on any atom is -0.392 e. The van der Waals surface area contributed by atoms with E-state index >= 15 is 0 Å². The molecule has 1 aromatic carbocycles. The highest BCUT2D eigenvalue weighted by molar-refractivity contribution is 5.26. The van der Waals surface area contributed by atoms with Gasteiger partial charge in [-0.15, -0.1) is 0 Å². The molecular formula is C14H16N2O. The molecule has 0 spiro atoms. The predicted octanol–water partition coefficient (Wildman–Crippen LogP) is 2.18. The molecule has 0 saturated heterocycles. The minimum atomic E-state index is 0.00326. The molecule has 0 amide bonds. The van der Waals surface area contributed by atoms with Crippen LogP contribution in [0.3, 0.4) is 0 Å². The van der Waals surface area contributed by atoms with Crippen molar-refractivity contribution in [1.82, 2.24) is 9.97 Å². The summed E-state index contributed by atoms with van der Waals surface area (Å²) in [5, 5.41) is 9.20. The van der Waals surface area contributed by atoms with Crippen molar-refractivity contribution in [2.24, 2.45) is 0 Å². The molecule has 0 aliphatic rings. The normalized spacial score (nSPS) is 10.5. The van der Waals surface area contributed by atoms with Gasteiger partial charge in [0.2, 0.25) is 0 Å². The second-order valence-electron chi connectivity index (χ2n) is 4.11. The lowest BCUT2D eigenvalue weighted by molar-refractivity contribution is 0.279. The van der Waals surface area contributed by atoms with Gasteiger partial charge in [0, 0.05) is 23.4 Å². The summed E-state index contributed by atoms with van der Waals surface area (Å²) in [6, 6.07) is 10.1. The molecule has 88 valence electrons. The van der Waals surface area contributed by atoms with Crippen molar-refractivity contribution in [2.45, 2.75) is 26.9 Å². The van der Waals surface area contributed by atoms with E-state index in [9.17, 15) is 5.11 Å². The summed E-state index contributed by atoms with van der Waals surface area (Å²) < 4.78 is 0. The topological polar surface area (TPSA) is 46.0 Å². The molecule has 0 aliphatic carbocycles. The number of aliphatic hydroxyl groups excluding tert-OH is 1. The van der Waals surface area contributed by atoms with E-state index in [1.165, 1.54) is 5.56 Å². The van der Waals surface area contributed by atoms with Gasteiger partial charge >= 0.3 is 0 Å². The van der Waals surface area contributed by atoms with Gasteiger partial charge in [0.1, 0.15) is 5.82 Å². The number of benzene rings is 1. The van der Waals surface area contributed by atoms with E-state index in [1.807, 2.05) is 32.0 Å². The van der Waals surface area contributed by atoms with E-state index in [2.05, 4.69) is 22.1 Å². The Bertz CT molecular complexity index is 486. The number of aromatic nitrogens is 2. The monoisotopic (exact) mass is 228 g/mol. The highest BCUT2D eigenvalue weighted by Crippen LogP contribution is 2.12. The van der Waals surface area contributed by atoms with Crippen LogP contribution in [-0.4, -0.2) is 15.1 Å². The molecule has 2 rings (SSSR count). The Balaban J connectivity index is 2.29. The average Bonchev–Trinajstić information content (AvgIpc) is 2.30. The molecule has 0 atom stereocenters. The van der Waals surface area contributed by atoms with Crippen LogP contribution in [0.1, 0.15) is 28.3 Å². The first kappa shape index (κ1) is 11.7. The zero-order valence-corrected chi connectivity index (χ0v) is 10.1. The first-order valence-corrected chi connectivity index (χ1v) is 5.68. The van der Waals surface area contributed by atoms with Gasteiger partial charge in [-0.1, -0.05) is 30.3 Å². The highest BCUT2D eigenvalue weighted by Gasteiger charge is 2.07. The third-order valence-electron chi connectivity index (χ3n) is 2.83. The molecule has 0 unspecified atom stereocenters. The van der Waals surface area contributed by atoms with Gasteiger partial charge < -0.3 is 5.11 Å². The molecule has 0 radical (unpaired) electrons. The van der Waals surface area contributed by atoms with E-state index in [-0.39, 0.29) is 6.61 Å². The summed E-state index contributed by atoms with van der Waals surface area (Å²) in [6.45, 7) is 3.83. The molecule has 0 fully saturated rings. The number of hydrogen-bond donors (Lipinski definition) is 1. The largest absolute Gasteiger partial charge is 0.392 e. The van der Waals surface area contributed by atoms with Crippen LogP contribution in [0, 0.1) is 13.8 Å². The molecule has 1 aromatic heterocycles. The van der Waals surface area contributed by atoms with Crippen molar-refractivity contribution < 1.29 is 5.11 Å². The lowest BCUT2D eigenvalue weighted by atomic mass is 10.1. The molecule has 3 nitrogen and oxygen atoms in total. The van der Waals surface area contributed by atoms with Gasteiger partial charge in [-0.3, -0.25) is 0 Å². The Labute approximate surface area is 101 Å². The van der Waals surface area contributed by atoms with Crippen LogP contribution >= 0.6 is 0 Å². The SMILES string of the molecule is Cc1nc(Cc2ccccc2)nc(C)c1CO. The molecule has 0 saturated carbocycles. The molecule has 2 aromatic rings. The second-order valence-corrected chi connectivity index (χ2v) is 4.11. The van der Waals surface area contributed by atoms with Gasteiger partial charge in [-0.2, -0.15) is 0 Å². The van der Waals surface area contributed by atoms with E-state index in [4.69, 9.17) is 0 Å². The van der Waals surface area contributed by atoms with Gasteiger partial charge in [-0.05, 0) is 19.4 Å². The number of rotatable bonds is 3. The fourth-order valence-electron chi connectivity index (χ4n) is 1.90. The Morgan fingerprint density at radius 2 is 1.59 bits per heavy atom. The Morgan fingerprint density at radius 3 is 2.12 bits per heavy atom. The Kier molecular flexibility index (Phi) is 3.49. The van der Waals surface area contributed by atoms with Crippen molar-refractivity contribution in [3.05, 3.63) is 58.7 Å². The summed E-state index contributed by atoms with van der Waals surface area (Å²) in [5.41, 5.74) is 3.77. The van der Waals surface area contributed by atoms with Crippen molar-refractivity contribution >= 4 is 0 Å². The average molecular weight is 228 g/mol. The van der Waals surface area contributed by atoms with Crippen LogP contribution in [-0.2, 0) is 13.0 Å². The Morgan fingerprint density at radius 1 is 1.00 bits per heavy atom. The number of aryl methyl sites for hydroxylation is 2. The van der Waals surface area contributed by atoms with E-state index in [0.29, 0.717) is 0 Å². The summed E-state index contributed by atoms with van der Waals surface area (Å²) in [6.07, 6.45) is 0.730. The van der Waals surface area contributed by atoms with E-state index < -0.39 is 0 Å². The molecule has 1 heterocycles. The molecule has 0 aliphatic heterocycles. The zero-order chi connectivity index (χ0) is 12.3. The molecule has 0 bridgehead atoms. The van der Waals surface area contributed by atoms with Crippen molar-refractivity contribution in [3.63, 3.8) is 0 Å². The van der Waals surface area contributed by atoms with Crippen molar-refractivity contribution in [2.75, 3.05) is 0 Å². The quantitative estimate of drug-likeness (QED) is 0.875. The van der Waals surface area contributed by atoms with Crippen LogP contribution < -0.4 is 0 Å². The maximum atomic E-state index is 9.20. The van der Waals surface area contributed by atoms with Gasteiger partial charge in [-0.25, -0.2) is 9.97 Å². The third kappa shape index (κ3) is 2.68. The summed E-state index contributed by atoms with van der Waals surface area (Å²) in [5.74, 6) is 0.809. The smallest absolute Gasteiger partial charge is 0.133 e. The number of hydrogen-bond acceptors (Lipinski definition) is 3. The first-order valence-electron chi connectivity index (χ1n) is 5.68. The summed E-state index contributed by atoms with van der Waals surface area (Å²) >= 11 is 0. The molecule has 17 heavy (non-hydrogen) atoms. The van der Waals surface area contributed by atoms with Crippen LogP contribution in [0.5, 0.6) is 0 Å². The predicted molar refractivity (Wildman–Crippen MR) is 66.7 cm³/mol. The van der Waals surface area contributed by atoms with Gasteiger partial charge in [0.15, 0.2) is 0 Å². The maximum Gasteiger partial charge on any atom is 0.133 e. The van der Waals surface area contributed by atoms with Crippen LogP contribution in [0.25, 0.3) is 0 Å². The molecule has 1 N–H and O–H groups in total. The Hall–Kier alpha value is -1.74. The number of nitrogens with zero attached hydrogens (tertiary/aromatic N) is 2. The van der Waals surface area contributed by atoms with Crippen molar-refractivity contribution in [3.8, 4) is 0 Å². The first-order chi connectivity index (χ1) is 8.20. The molecular weight excluding hydrogens is 212 g/mol. The second kappa shape index (κ2) is 5.06. The van der Waals surface area contributed by atoms with Crippen LogP contribution in [0.4, 0.5) is 0 Å². The lowest BCUT2D eigenvalue weighted by Crippen LogP contribution is -2.05. The molecule has 3 heteroatoms.